The van der Waals surface area contributed by atoms with E-state index in [2.05, 4.69) is 15.6 Å². The number of nitrogens with zero attached hydrogens (tertiary/aromatic N) is 1. The van der Waals surface area contributed by atoms with Gasteiger partial charge in [-0.25, -0.2) is 9.59 Å². The van der Waals surface area contributed by atoms with Crippen LogP contribution in [0.3, 0.4) is 0 Å². The average Bonchev–Trinajstić information content (AvgIpc) is 2.53. The largest absolute Gasteiger partial charge is 0.445 e. The van der Waals surface area contributed by atoms with Crippen LogP contribution in [0.5, 0.6) is 0 Å². The Balaban J connectivity index is 2.44. The molecule has 0 aliphatic heterocycles. The molecule has 0 bridgehead atoms. The molecule has 1 aromatic carbocycles. The molecule has 0 spiro atoms. The van der Waals surface area contributed by atoms with Crippen molar-refractivity contribution in [2.45, 2.75) is 46.0 Å². The number of hydrogen-bond donors (Lipinski definition) is 2. The normalized spacial score (nSPS) is 12.7. The fourth-order valence-corrected chi connectivity index (χ4v) is 1.95. The molecule has 7 nitrogen and oxygen atoms in total. The van der Waals surface area contributed by atoms with Crippen molar-refractivity contribution in [2.24, 2.45) is 10.9 Å². The highest BCUT2D eigenvalue weighted by Gasteiger charge is 2.20. The first-order valence-corrected chi connectivity index (χ1v) is 7.77. The maximum absolute atomic E-state index is 12.0. The molecule has 0 saturated carbocycles. The summed E-state index contributed by atoms with van der Waals surface area (Å²) in [7, 11) is 0. The number of rotatable bonds is 8. The predicted octanol–water partition coefficient (Wildman–Crippen LogP) is 2.13. The number of carbonyl (C=O) groups excluding carboxylic acids is 3. The van der Waals surface area contributed by atoms with Gasteiger partial charge in [0.05, 0.1) is 0 Å². The van der Waals surface area contributed by atoms with Gasteiger partial charge in [0.2, 0.25) is 12.0 Å². The predicted molar refractivity (Wildman–Crippen MR) is 88.7 cm³/mol. The highest BCUT2D eigenvalue weighted by atomic mass is 16.5. The quantitative estimate of drug-likeness (QED) is 0.562. The standard InChI is InChI=1S/C17H23N3O4/c1-12(2)9-15(18-11-21)20-16(22)13(3)19-17(23)24-10-14-7-5-4-6-8-14/h4-8,12-13,15H,9-10H2,1-3H3,(H,19,23)(H,20,22)/t13-,15-/m0/s1. The van der Waals surface area contributed by atoms with Crippen LogP contribution in [0, 0.1) is 5.92 Å². The minimum absolute atomic E-state index is 0.117. The zero-order chi connectivity index (χ0) is 17.9. The molecule has 2 amide bonds. The molecule has 0 radical (unpaired) electrons. The van der Waals surface area contributed by atoms with Crippen molar-refractivity contribution in [3.05, 3.63) is 35.9 Å². The van der Waals surface area contributed by atoms with Gasteiger partial charge in [-0.3, -0.25) is 4.79 Å². The number of nitrogens with one attached hydrogen (secondary N) is 2. The van der Waals surface area contributed by atoms with Crippen molar-refractivity contribution in [3.63, 3.8) is 0 Å². The van der Waals surface area contributed by atoms with Gasteiger partial charge in [0, 0.05) is 0 Å². The number of benzene rings is 1. The number of alkyl carbamates (subject to hydrolysis) is 1. The smallest absolute Gasteiger partial charge is 0.408 e. The molecule has 130 valence electrons. The Bertz CT molecular complexity index is 583. The molecular formula is C17H23N3O4. The molecule has 2 atom stereocenters. The summed E-state index contributed by atoms with van der Waals surface area (Å²) in [5.41, 5.74) is 0.849. The summed E-state index contributed by atoms with van der Waals surface area (Å²) in [6.07, 6.45) is 0.604. The third kappa shape index (κ3) is 7.56. The molecule has 0 unspecified atom stereocenters. The lowest BCUT2D eigenvalue weighted by atomic mass is 10.1. The first kappa shape index (κ1) is 19.4. The highest BCUT2D eigenvalue weighted by Crippen LogP contribution is 2.06. The number of aliphatic imine (C=N–C) groups is 1. The minimum atomic E-state index is -0.815. The Morgan fingerprint density at radius 2 is 1.83 bits per heavy atom. The zero-order valence-electron chi connectivity index (χ0n) is 14.1. The van der Waals surface area contributed by atoms with Crippen molar-refractivity contribution in [2.75, 3.05) is 0 Å². The van der Waals surface area contributed by atoms with Crippen molar-refractivity contribution in [1.29, 1.82) is 0 Å². The van der Waals surface area contributed by atoms with Gasteiger partial charge in [0.1, 0.15) is 18.8 Å². The van der Waals surface area contributed by atoms with Gasteiger partial charge < -0.3 is 15.4 Å². The zero-order valence-corrected chi connectivity index (χ0v) is 14.1. The molecule has 0 saturated heterocycles. The first-order chi connectivity index (χ1) is 11.4. The summed E-state index contributed by atoms with van der Waals surface area (Å²) in [6, 6.07) is 8.40. The third-order valence-electron chi connectivity index (χ3n) is 3.15. The fourth-order valence-electron chi connectivity index (χ4n) is 1.95. The van der Waals surface area contributed by atoms with E-state index in [-0.39, 0.29) is 12.5 Å². The van der Waals surface area contributed by atoms with E-state index in [1.807, 2.05) is 44.2 Å². The lowest BCUT2D eigenvalue weighted by molar-refractivity contribution is -0.123. The molecule has 0 aliphatic carbocycles. The molecule has 1 aromatic rings. The lowest BCUT2D eigenvalue weighted by Gasteiger charge is -2.19. The van der Waals surface area contributed by atoms with Gasteiger partial charge in [-0.2, -0.15) is 4.99 Å². The van der Waals surface area contributed by atoms with E-state index in [1.54, 1.807) is 0 Å². The topological polar surface area (TPSA) is 96.9 Å². The number of hydrogen-bond acceptors (Lipinski definition) is 5. The van der Waals surface area contributed by atoms with E-state index < -0.39 is 24.2 Å². The van der Waals surface area contributed by atoms with Crippen LogP contribution in [0.15, 0.2) is 35.3 Å². The Labute approximate surface area is 141 Å². The summed E-state index contributed by atoms with van der Waals surface area (Å²) in [6.45, 7) is 5.53. The van der Waals surface area contributed by atoms with Gasteiger partial charge in [-0.1, -0.05) is 44.2 Å². The van der Waals surface area contributed by atoms with Crippen molar-refractivity contribution in [1.82, 2.24) is 10.6 Å². The summed E-state index contributed by atoms with van der Waals surface area (Å²) in [4.78, 5) is 37.7. The van der Waals surface area contributed by atoms with Crippen LogP contribution in [0.25, 0.3) is 0 Å². The van der Waals surface area contributed by atoms with Gasteiger partial charge in [0.15, 0.2) is 0 Å². The van der Waals surface area contributed by atoms with Crippen LogP contribution in [0.4, 0.5) is 4.79 Å². The molecular weight excluding hydrogens is 310 g/mol. The Hall–Kier alpha value is -2.66. The van der Waals surface area contributed by atoms with E-state index in [9.17, 15) is 14.4 Å². The number of isocyanates is 1. The van der Waals surface area contributed by atoms with E-state index in [0.717, 1.165) is 5.56 Å². The van der Waals surface area contributed by atoms with Crippen LogP contribution in [-0.4, -0.2) is 30.3 Å². The van der Waals surface area contributed by atoms with E-state index in [4.69, 9.17) is 4.74 Å². The third-order valence-corrected chi connectivity index (χ3v) is 3.15. The van der Waals surface area contributed by atoms with Crippen LogP contribution in [0.1, 0.15) is 32.8 Å². The Morgan fingerprint density at radius 1 is 1.17 bits per heavy atom. The van der Waals surface area contributed by atoms with Crippen LogP contribution in [0.2, 0.25) is 0 Å². The van der Waals surface area contributed by atoms with Crippen LogP contribution >= 0.6 is 0 Å². The van der Waals surface area contributed by atoms with Crippen molar-refractivity contribution < 1.29 is 19.1 Å². The summed E-state index contributed by atoms with van der Waals surface area (Å²) >= 11 is 0. The van der Waals surface area contributed by atoms with Crippen LogP contribution < -0.4 is 10.6 Å². The van der Waals surface area contributed by atoms with Gasteiger partial charge >= 0.3 is 6.09 Å². The number of carbonyl (C=O) groups is 2. The Morgan fingerprint density at radius 3 is 2.42 bits per heavy atom. The van der Waals surface area contributed by atoms with Gasteiger partial charge in [-0.15, -0.1) is 0 Å². The molecule has 0 fully saturated rings. The van der Waals surface area contributed by atoms with E-state index in [1.165, 1.54) is 13.0 Å². The highest BCUT2D eigenvalue weighted by molar-refractivity contribution is 5.85. The maximum Gasteiger partial charge on any atom is 0.408 e. The molecule has 7 heteroatoms. The van der Waals surface area contributed by atoms with Gasteiger partial charge in [-0.05, 0) is 24.8 Å². The van der Waals surface area contributed by atoms with Gasteiger partial charge in [0.25, 0.3) is 0 Å². The molecule has 0 aromatic heterocycles. The first-order valence-electron chi connectivity index (χ1n) is 7.77. The number of amides is 2. The summed E-state index contributed by atoms with van der Waals surface area (Å²) in [5.74, 6) is -0.206. The summed E-state index contributed by atoms with van der Waals surface area (Å²) < 4.78 is 5.05. The second-order valence-electron chi connectivity index (χ2n) is 5.80. The molecule has 24 heavy (non-hydrogen) atoms. The lowest BCUT2D eigenvalue weighted by Crippen LogP contribution is -2.48. The Kier molecular flexibility index (Phi) is 8.22. The number of ether oxygens (including phenoxy) is 1. The van der Waals surface area contributed by atoms with E-state index in [0.29, 0.717) is 6.42 Å². The molecule has 0 aliphatic rings. The average molecular weight is 333 g/mol. The molecule has 1 rings (SSSR count). The van der Waals surface area contributed by atoms with Crippen molar-refractivity contribution >= 4 is 18.1 Å². The van der Waals surface area contributed by atoms with Crippen molar-refractivity contribution in [3.8, 4) is 0 Å². The molecule has 0 heterocycles. The maximum atomic E-state index is 12.0. The second kappa shape index (κ2) is 10.2. The summed E-state index contributed by atoms with van der Waals surface area (Å²) in [5, 5.41) is 5.03. The molecule has 2 N–H and O–H groups in total. The SMILES string of the molecule is CC(C)C[C@@H](N=C=O)NC(=O)[C@H](C)NC(=O)OCc1ccccc1. The minimum Gasteiger partial charge on any atom is -0.445 e. The second-order valence-corrected chi connectivity index (χ2v) is 5.80. The fraction of sp³-hybridized carbons (Fsp3) is 0.471. The van der Waals surface area contributed by atoms with E-state index >= 15 is 0 Å². The van der Waals surface area contributed by atoms with Crippen LogP contribution in [-0.2, 0) is 20.9 Å². The monoisotopic (exact) mass is 333 g/mol.